The van der Waals surface area contributed by atoms with E-state index in [1.165, 1.54) is 0 Å². The first-order valence-corrected chi connectivity index (χ1v) is 4.23. The molecule has 1 atom stereocenters. The van der Waals surface area contributed by atoms with E-state index in [1.807, 2.05) is 0 Å². The Bertz CT molecular complexity index is 216. The van der Waals surface area contributed by atoms with Crippen molar-refractivity contribution in [3.8, 4) is 0 Å². The molecule has 0 bridgehead atoms. The molecular formula is C4H7O5S-. The molecule has 0 aliphatic rings. The van der Waals surface area contributed by atoms with Crippen molar-refractivity contribution in [2.24, 2.45) is 0 Å². The van der Waals surface area contributed by atoms with E-state index in [2.05, 4.69) is 4.18 Å². The van der Waals surface area contributed by atoms with Gasteiger partial charge in [0.25, 0.3) is 10.1 Å². The smallest absolute Gasteiger partial charge is 0.265 e. The normalized spacial score (nSPS) is 14.6. The standard InChI is InChI=1S/C4H8O5S/c1-3(4(5)6)9-10(2,7)8/h3H,1-2H3,(H,5,6)/p-1/t3-/m1/s1. The van der Waals surface area contributed by atoms with Gasteiger partial charge in [-0.3, -0.25) is 4.18 Å². The number of carboxylic acid groups (broad SMARTS) is 1. The van der Waals surface area contributed by atoms with Gasteiger partial charge in [0.1, 0.15) is 6.10 Å². The molecule has 0 spiro atoms. The van der Waals surface area contributed by atoms with Crippen molar-refractivity contribution >= 4 is 16.1 Å². The average molecular weight is 167 g/mol. The van der Waals surface area contributed by atoms with Gasteiger partial charge in [0, 0.05) is 0 Å². The van der Waals surface area contributed by atoms with Crippen LogP contribution >= 0.6 is 0 Å². The third-order valence-electron chi connectivity index (χ3n) is 0.651. The van der Waals surface area contributed by atoms with Crippen molar-refractivity contribution < 1.29 is 22.5 Å². The molecule has 60 valence electrons. The van der Waals surface area contributed by atoms with E-state index in [1.54, 1.807) is 0 Å². The number of carboxylic acids is 1. The maximum atomic E-state index is 10.2. The van der Waals surface area contributed by atoms with E-state index in [-0.39, 0.29) is 0 Å². The van der Waals surface area contributed by atoms with Crippen molar-refractivity contribution in [3.05, 3.63) is 0 Å². The van der Waals surface area contributed by atoms with Crippen LogP contribution in [0.5, 0.6) is 0 Å². The van der Waals surface area contributed by atoms with Gasteiger partial charge >= 0.3 is 0 Å². The summed E-state index contributed by atoms with van der Waals surface area (Å²) in [6.07, 6.45) is -0.651. The van der Waals surface area contributed by atoms with Gasteiger partial charge in [-0.1, -0.05) is 0 Å². The molecule has 0 aromatic rings. The number of carbonyl (C=O) groups excluding carboxylic acids is 1. The Morgan fingerprint density at radius 1 is 1.60 bits per heavy atom. The lowest BCUT2D eigenvalue weighted by Gasteiger charge is -2.10. The number of hydrogen-bond acceptors (Lipinski definition) is 5. The van der Waals surface area contributed by atoms with E-state index in [9.17, 15) is 18.3 Å². The third-order valence-corrected chi connectivity index (χ3v) is 1.29. The monoisotopic (exact) mass is 167 g/mol. The van der Waals surface area contributed by atoms with Crippen LogP contribution in [-0.2, 0) is 19.1 Å². The Kier molecular flexibility index (Phi) is 2.79. The molecule has 0 unspecified atom stereocenters. The predicted molar refractivity (Wildman–Crippen MR) is 30.4 cm³/mol. The maximum absolute atomic E-state index is 10.2. The second-order valence-corrected chi connectivity index (χ2v) is 3.36. The van der Waals surface area contributed by atoms with E-state index >= 15 is 0 Å². The summed E-state index contributed by atoms with van der Waals surface area (Å²) >= 11 is 0. The fourth-order valence-corrected chi connectivity index (χ4v) is 0.904. The molecule has 0 saturated heterocycles. The van der Waals surface area contributed by atoms with Gasteiger partial charge in [-0.05, 0) is 6.92 Å². The Morgan fingerprint density at radius 2 is 2.00 bits per heavy atom. The summed E-state index contributed by atoms with van der Waals surface area (Å²) in [5, 5.41) is 9.88. The molecule has 5 nitrogen and oxygen atoms in total. The molecule has 0 aromatic heterocycles. The summed E-state index contributed by atoms with van der Waals surface area (Å²) in [5.41, 5.74) is 0. The molecule has 0 radical (unpaired) electrons. The summed E-state index contributed by atoms with van der Waals surface area (Å²) in [6, 6.07) is 0. The summed E-state index contributed by atoms with van der Waals surface area (Å²) < 4.78 is 24.5. The fraction of sp³-hybridized carbons (Fsp3) is 0.750. The van der Waals surface area contributed by atoms with Crippen molar-refractivity contribution in [2.45, 2.75) is 13.0 Å². The van der Waals surface area contributed by atoms with Gasteiger partial charge in [0.2, 0.25) is 0 Å². The minimum Gasteiger partial charge on any atom is -0.547 e. The van der Waals surface area contributed by atoms with Crippen LogP contribution in [0.4, 0.5) is 0 Å². The topological polar surface area (TPSA) is 83.5 Å². The first kappa shape index (κ1) is 9.38. The summed E-state index contributed by atoms with van der Waals surface area (Å²) in [4.78, 5) is 9.88. The lowest BCUT2D eigenvalue weighted by atomic mass is 10.4. The SMILES string of the molecule is C[C@@H](OS(C)(=O)=O)C(=O)[O-]. The molecule has 0 saturated carbocycles. The van der Waals surface area contributed by atoms with Crippen LogP contribution in [0, 0.1) is 0 Å². The Hall–Kier alpha value is -0.620. The van der Waals surface area contributed by atoms with Gasteiger partial charge < -0.3 is 9.90 Å². The number of carbonyl (C=O) groups is 1. The summed E-state index contributed by atoms with van der Waals surface area (Å²) in [6.45, 7) is 1.08. The molecule has 0 heterocycles. The fourth-order valence-electron chi connectivity index (χ4n) is 0.301. The van der Waals surface area contributed by atoms with Gasteiger partial charge in [-0.2, -0.15) is 8.42 Å². The highest BCUT2D eigenvalue weighted by Gasteiger charge is 2.09. The van der Waals surface area contributed by atoms with Crippen LogP contribution in [0.1, 0.15) is 6.92 Å². The first-order chi connectivity index (χ1) is 4.33. The van der Waals surface area contributed by atoms with Crippen molar-refractivity contribution in [1.82, 2.24) is 0 Å². The van der Waals surface area contributed by atoms with E-state index in [0.717, 1.165) is 13.2 Å². The molecular weight excluding hydrogens is 160 g/mol. The summed E-state index contributed by atoms with van der Waals surface area (Å²) in [5.74, 6) is -1.55. The van der Waals surface area contributed by atoms with E-state index in [0.29, 0.717) is 0 Å². The third kappa shape index (κ3) is 4.28. The lowest BCUT2D eigenvalue weighted by molar-refractivity contribution is -0.312. The first-order valence-electron chi connectivity index (χ1n) is 2.42. The van der Waals surface area contributed by atoms with Gasteiger partial charge in [-0.25, -0.2) is 0 Å². The Balaban J connectivity index is 4.06. The highest BCUT2D eigenvalue weighted by Crippen LogP contribution is 1.94. The quantitative estimate of drug-likeness (QED) is 0.458. The van der Waals surface area contributed by atoms with Crippen LogP contribution in [0.15, 0.2) is 0 Å². The van der Waals surface area contributed by atoms with Crippen LogP contribution < -0.4 is 5.11 Å². The molecule has 0 aliphatic heterocycles. The van der Waals surface area contributed by atoms with E-state index in [4.69, 9.17) is 0 Å². The average Bonchev–Trinajstić information content (AvgIpc) is 1.60. The van der Waals surface area contributed by atoms with Gasteiger partial charge in [-0.15, -0.1) is 0 Å². The molecule has 6 heteroatoms. The molecule has 0 amide bonds. The second-order valence-electron chi connectivity index (χ2n) is 1.76. The largest absolute Gasteiger partial charge is 0.547 e. The zero-order valence-corrected chi connectivity index (χ0v) is 6.34. The molecule has 0 aliphatic carbocycles. The minimum atomic E-state index is -3.69. The molecule has 0 rings (SSSR count). The number of hydrogen-bond donors (Lipinski definition) is 0. The number of rotatable bonds is 3. The van der Waals surface area contributed by atoms with Gasteiger partial charge in [0.05, 0.1) is 12.2 Å². The molecule has 0 fully saturated rings. The van der Waals surface area contributed by atoms with Crippen molar-refractivity contribution in [2.75, 3.05) is 6.26 Å². The molecule has 0 N–H and O–H groups in total. The van der Waals surface area contributed by atoms with Crippen LogP contribution in [0.3, 0.4) is 0 Å². The molecule has 0 aromatic carbocycles. The number of aliphatic carboxylic acids is 1. The van der Waals surface area contributed by atoms with Crippen molar-refractivity contribution in [1.29, 1.82) is 0 Å². The second kappa shape index (κ2) is 2.98. The highest BCUT2D eigenvalue weighted by molar-refractivity contribution is 7.86. The zero-order valence-electron chi connectivity index (χ0n) is 5.53. The van der Waals surface area contributed by atoms with Gasteiger partial charge in [0.15, 0.2) is 0 Å². The van der Waals surface area contributed by atoms with E-state index < -0.39 is 22.2 Å². The van der Waals surface area contributed by atoms with Crippen LogP contribution in [0.25, 0.3) is 0 Å². The minimum absolute atomic E-state index is 0.770. The van der Waals surface area contributed by atoms with Crippen LogP contribution in [-0.4, -0.2) is 26.7 Å². The lowest BCUT2D eigenvalue weighted by Crippen LogP contribution is -2.36. The van der Waals surface area contributed by atoms with Crippen LogP contribution in [0.2, 0.25) is 0 Å². The maximum Gasteiger partial charge on any atom is 0.265 e. The predicted octanol–water partition coefficient (Wildman–Crippen LogP) is -1.90. The molecule has 10 heavy (non-hydrogen) atoms. The highest BCUT2D eigenvalue weighted by atomic mass is 32.2. The van der Waals surface area contributed by atoms with Crippen molar-refractivity contribution in [3.63, 3.8) is 0 Å². The Labute approximate surface area is 58.7 Å². The zero-order chi connectivity index (χ0) is 8.36. The summed E-state index contributed by atoms with van der Waals surface area (Å²) in [7, 11) is -3.69. The Morgan fingerprint density at radius 3 is 2.10 bits per heavy atom.